The van der Waals surface area contributed by atoms with Gasteiger partial charge in [0.25, 0.3) is 5.56 Å². The zero-order chi connectivity index (χ0) is 22.4. The van der Waals surface area contributed by atoms with Crippen molar-refractivity contribution in [1.82, 2.24) is 34.2 Å². The summed E-state index contributed by atoms with van der Waals surface area (Å²) in [7, 11) is 1.75. The number of rotatable bonds is 4. The molecule has 1 saturated carbocycles. The predicted molar refractivity (Wildman–Crippen MR) is 114 cm³/mol. The van der Waals surface area contributed by atoms with E-state index in [1.165, 1.54) is 17.0 Å². The quantitative estimate of drug-likeness (QED) is 0.476. The largest absolute Gasteiger partial charge is 0.354 e. The van der Waals surface area contributed by atoms with E-state index < -0.39 is 0 Å². The maximum Gasteiger partial charge on any atom is 0.280 e. The van der Waals surface area contributed by atoms with Crippen LogP contribution in [0, 0.1) is 17.7 Å². The second-order valence-electron chi connectivity index (χ2n) is 7.82. The predicted octanol–water partition coefficient (Wildman–Crippen LogP) is 1.97. The number of halogens is 1. The van der Waals surface area contributed by atoms with Crippen molar-refractivity contribution in [3.05, 3.63) is 58.9 Å². The van der Waals surface area contributed by atoms with Crippen molar-refractivity contribution in [2.75, 3.05) is 18.0 Å². The van der Waals surface area contributed by atoms with Crippen molar-refractivity contribution in [3.63, 3.8) is 0 Å². The Bertz CT molecular complexity index is 1320. The van der Waals surface area contributed by atoms with Crippen LogP contribution in [0.2, 0.25) is 0 Å². The summed E-state index contributed by atoms with van der Waals surface area (Å²) in [6, 6.07) is 3.01. The number of piperidine rings is 1. The molecule has 0 radical (unpaired) electrons. The summed E-state index contributed by atoms with van der Waals surface area (Å²) in [5.41, 5.74) is 0.622. The lowest BCUT2D eigenvalue weighted by atomic mass is 10.2. The zero-order valence-corrected chi connectivity index (χ0v) is 18.0. The van der Waals surface area contributed by atoms with Crippen molar-refractivity contribution < 1.29 is 8.91 Å². The van der Waals surface area contributed by atoms with Crippen LogP contribution in [0.15, 0.2) is 40.3 Å². The van der Waals surface area contributed by atoms with Gasteiger partial charge in [0.15, 0.2) is 28.6 Å². The lowest BCUT2D eigenvalue weighted by Crippen LogP contribution is -2.25. The molecule has 166 valence electrons. The van der Waals surface area contributed by atoms with Gasteiger partial charge in [0.05, 0.1) is 6.33 Å². The van der Waals surface area contributed by atoms with Crippen LogP contribution in [0.1, 0.15) is 31.5 Å². The number of aryl methyl sites for hydroxylation is 1. The SMILES string of the molecule is CC.Cn1cnc2ncn(Cc3nc(C4C5CN(c6ncccc6F)CC54)no3)c(=O)c21. The van der Waals surface area contributed by atoms with Crippen molar-refractivity contribution in [2.45, 2.75) is 26.3 Å². The molecular weight excluding hydrogens is 415 g/mol. The Morgan fingerprint density at radius 2 is 1.91 bits per heavy atom. The summed E-state index contributed by atoms with van der Waals surface area (Å²) in [4.78, 5) is 31.6. The summed E-state index contributed by atoms with van der Waals surface area (Å²) >= 11 is 0. The van der Waals surface area contributed by atoms with Gasteiger partial charge in [-0.15, -0.1) is 0 Å². The molecule has 0 N–H and O–H groups in total. The number of imidazole rings is 1. The van der Waals surface area contributed by atoms with Crippen LogP contribution in [0.3, 0.4) is 0 Å². The Labute approximate surface area is 182 Å². The van der Waals surface area contributed by atoms with E-state index in [1.807, 2.05) is 18.7 Å². The third kappa shape index (κ3) is 3.24. The van der Waals surface area contributed by atoms with Crippen LogP contribution < -0.4 is 10.5 Å². The monoisotopic (exact) mass is 438 g/mol. The number of pyridine rings is 1. The molecule has 2 aliphatic rings. The topological polar surface area (TPSA) is 108 Å². The van der Waals surface area contributed by atoms with E-state index >= 15 is 0 Å². The minimum Gasteiger partial charge on any atom is -0.354 e. The highest BCUT2D eigenvalue weighted by Gasteiger charge is 2.59. The van der Waals surface area contributed by atoms with Crippen LogP contribution >= 0.6 is 0 Å². The number of anilines is 1. The minimum absolute atomic E-state index is 0.146. The molecule has 6 rings (SSSR count). The maximum absolute atomic E-state index is 14.0. The number of hydrogen-bond donors (Lipinski definition) is 0. The van der Waals surface area contributed by atoms with Crippen LogP contribution in [0.4, 0.5) is 10.2 Å². The first-order chi connectivity index (χ1) is 15.6. The van der Waals surface area contributed by atoms with Crippen LogP contribution in [-0.4, -0.2) is 47.3 Å². The fraction of sp³-hybridized carbons (Fsp3) is 0.429. The van der Waals surface area contributed by atoms with Crippen LogP contribution in [0.25, 0.3) is 11.2 Å². The van der Waals surface area contributed by atoms with Gasteiger partial charge in [0, 0.05) is 32.3 Å². The molecule has 1 aliphatic heterocycles. The molecule has 2 unspecified atom stereocenters. The van der Waals surface area contributed by atoms with E-state index in [-0.39, 0.29) is 23.8 Å². The molecule has 0 aromatic carbocycles. The average Bonchev–Trinajstić information content (AvgIpc) is 3.22. The Morgan fingerprint density at radius 3 is 2.66 bits per heavy atom. The average molecular weight is 438 g/mol. The molecule has 1 saturated heterocycles. The minimum atomic E-state index is -0.304. The highest BCUT2D eigenvalue weighted by molar-refractivity contribution is 5.68. The first kappa shape index (κ1) is 20.3. The Balaban J connectivity index is 0.00000105. The third-order valence-electron chi connectivity index (χ3n) is 6.02. The molecular formula is C21H23FN8O2. The van der Waals surface area contributed by atoms with Gasteiger partial charge >= 0.3 is 0 Å². The molecule has 4 aromatic rings. The van der Waals surface area contributed by atoms with Gasteiger partial charge in [-0.3, -0.25) is 9.36 Å². The summed E-state index contributed by atoms with van der Waals surface area (Å²) in [6.07, 6.45) is 4.60. The summed E-state index contributed by atoms with van der Waals surface area (Å²) in [5, 5.41) is 4.12. The van der Waals surface area contributed by atoms with E-state index in [0.717, 1.165) is 0 Å². The highest BCUT2D eigenvalue weighted by atomic mass is 19.1. The zero-order valence-electron chi connectivity index (χ0n) is 18.0. The number of nitrogens with zero attached hydrogens (tertiary/aromatic N) is 8. The Morgan fingerprint density at radius 1 is 1.16 bits per heavy atom. The lowest BCUT2D eigenvalue weighted by Gasteiger charge is -2.20. The fourth-order valence-corrected chi connectivity index (χ4v) is 4.49. The second kappa shape index (κ2) is 7.81. The normalized spacial score (nSPS) is 21.4. The van der Waals surface area contributed by atoms with Gasteiger partial charge in [-0.2, -0.15) is 4.98 Å². The van der Waals surface area contributed by atoms with Crippen LogP contribution in [-0.2, 0) is 13.6 Å². The highest BCUT2D eigenvalue weighted by Crippen LogP contribution is 2.57. The molecule has 32 heavy (non-hydrogen) atoms. The van der Waals surface area contributed by atoms with E-state index in [1.54, 1.807) is 30.2 Å². The molecule has 4 aromatic heterocycles. The molecule has 5 heterocycles. The van der Waals surface area contributed by atoms with Crippen molar-refractivity contribution in [2.24, 2.45) is 18.9 Å². The van der Waals surface area contributed by atoms with Crippen LogP contribution in [0.5, 0.6) is 0 Å². The molecule has 2 fully saturated rings. The van der Waals surface area contributed by atoms with Gasteiger partial charge in [-0.1, -0.05) is 19.0 Å². The molecule has 1 aliphatic carbocycles. The second-order valence-corrected chi connectivity index (χ2v) is 7.82. The Hall–Kier alpha value is -3.63. The fourth-order valence-electron chi connectivity index (χ4n) is 4.49. The molecule has 0 bridgehead atoms. The first-order valence-corrected chi connectivity index (χ1v) is 10.6. The molecule has 11 heteroatoms. The van der Waals surface area contributed by atoms with Gasteiger partial charge < -0.3 is 14.0 Å². The smallest absolute Gasteiger partial charge is 0.280 e. The lowest BCUT2D eigenvalue weighted by molar-refractivity contribution is 0.363. The van der Waals surface area contributed by atoms with Gasteiger partial charge in [0.1, 0.15) is 12.9 Å². The van der Waals surface area contributed by atoms with Crippen molar-refractivity contribution in [1.29, 1.82) is 0 Å². The standard InChI is InChI=1S/C19H17FN8O2.C2H6/c1-26-8-22-17-15(26)19(29)28(9-23-17)7-13-24-16(25-30-13)14-10-5-27(6-11(10)14)18-12(20)3-2-4-21-18;1-2/h2-4,8-11,14H,5-7H2,1H3;1-2H3. The van der Waals surface area contributed by atoms with Crippen molar-refractivity contribution >= 4 is 17.0 Å². The summed E-state index contributed by atoms with van der Waals surface area (Å²) < 4.78 is 22.4. The third-order valence-corrected chi connectivity index (χ3v) is 6.02. The molecule has 2 atom stereocenters. The summed E-state index contributed by atoms with van der Waals surface area (Å²) in [6.45, 7) is 5.58. The van der Waals surface area contributed by atoms with Crippen molar-refractivity contribution in [3.8, 4) is 0 Å². The maximum atomic E-state index is 14.0. The van der Waals surface area contributed by atoms with E-state index in [0.29, 0.717) is 53.6 Å². The van der Waals surface area contributed by atoms with Gasteiger partial charge in [-0.25, -0.2) is 19.3 Å². The van der Waals surface area contributed by atoms with E-state index in [9.17, 15) is 9.18 Å². The number of aromatic nitrogens is 7. The summed E-state index contributed by atoms with van der Waals surface area (Å²) in [5.74, 6) is 1.99. The number of hydrogen-bond acceptors (Lipinski definition) is 8. The molecule has 10 nitrogen and oxygen atoms in total. The number of fused-ring (bicyclic) bond motifs is 2. The Kier molecular flexibility index (Phi) is 4.95. The van der Waals surface area contributed by atoms with E-state index in [4.69, 9.17) is 4.52 Å². The van der Waals surface area contributed by atoms with Gasteiger partial charge in [-0.05, 0) is 24.0 Å². The van der Waals surface area contributed by atoms with E-state index in [2.05, 4.69) is 25.1 Å². The first-order valence-electron chi connectivity index (χ1n) is 10.6. The molecule has 0 spiro atoms. The van der Waals surface area contributed by atoms with Gasteiger partial charge in [0.2, 0.25) is 5.89 Å². The molecule has 0 amide bonds.